The van der Waals surface area contributed by atoms with Crippen LogP contribution in [0.1, 0.15) is 35.6 Å². The third-order valence-corrected chi connectivity index (χ3v) is 4.81. The Morgan fingerprint density at radius 3 is 3.25 bits per heavy atom. The normalized spacial score (nSPS) is 19.1. The number of rotatable bonds is 5. The van der Waals surface area contributed by atoms with Gasteiger partial charge in [-0.3, -0.25) is 9.89 Å². The first kappa shape index (κ1) is 15.2. The van der Waals surface area contributed by atoms with Gasteiger partial charge in [0.05, 0.1) is 24.2 Å². The number of H-pyrrole nitrogens is 1. The molecule has 6 heteroatoms. The average Bonchev–Trinajstić information content (AvgIpc) is 3.32. The Morgan fingerprint density at radius 1 is 1.42 bits per heavy atom. The first-order valence-electron chi connectivity index (χ1n) is 8.58. The second-order valence-electron chi connectivity index (χ2n) is 6.48. The van der Waals surface area contributed by atoms with Crippen LogP contribution in [0, 0.1) is 0 Å². The van der Waals surface area contributed by atoms with Gasteiger partial charge in [0.25, 0.3) is 0 Å². The quantitative estimate of drug-likeness (QED) is 0.785. The molecule has 2 aliphatic heterocycles. The lowest BCUT2D eigenvalue weighted by atomic mass is 10.0. The van der Waals surface area contributed by atoms with Crippen molar-refractivity contribution in [1.82, 2.24) is 15.5 Å². The van der Waals surface area contributed by atoms with Gasteiger partial charge in [0.2, 0.25) is 5.91 Å². The maximum Gasteiger partial charge on any atom is 0.224 e. The Labute approximate surface area is 141 Å². The van der Waals surface area contributed by atoms with E-state index in [4.69, 9.17) is 4.74 Å². The number of nitrogens with one attached hydrogen (secondary N) is 3. The zero-order valence-corrected chi connectivity index (χ0v) is 13.6. The van der Waals surface area contributed by atoms with Crippen LogP contribution in [0.3, 0.4) is 0 Å². The molecular formula is C18H22N4O2. The molecule has 0 radical (unpaired) electrons. The van der Waals surface area contributed by atoms with E-state index < -0.39 is 0 Å². The van der Waals surface area contributed by atoms with Gasteiger partial charge in [-0.05, 0) is 36.6 Å². The Balaban J connectivity index is 1.35. The summed E-state index contributed by atoms with van der Waals surface area (Å²) in [4.78, 5) is 12.3. The molecule has 1 saturated heterocycles. The second kappa shape index (κ2) is 6.65. The average molecular weight is 326 g/mol. The predicted molar refractivity (Wildman–Crippen MR) is 91.4 cm³/mol. The molecule has 1 aromatic carbocycles. The fourth-order valence-corrected chi connectivity index (χ4v) is 3.47. The molecular weight excluding hydrogens is 304 g/mol. The lowest BCUT2D eigenvalue weighted by Gasteiger charge is -2.10. The van der Waals surface area contributed by atoms with Crippen LogP contribution in [0.4, 0.5) is 5.69 Å². The molecule has 24 heavy (non-hydrogen) atoms. The van der Waals surface area contributed by atoms with Crippen LogP contribution in [-0.2, 0) is 17.6 Å². The molecule has 2 aliphatic rings. The molecule has 4 rings (SSSR count). The number of ether oxygens (including phenoxy) is 1. The van der Waals surface area contributed by atoms with Crippen molar-refractivity contribution in [3.05, 3.63) is 41.2 Å². The molecule has 1 amide bonds. The first-order chi connectivity index (χ1) is 11.8. The summed E-state index contributed by atoms with van der Waals surface area (Å²) < 4.78 is 5.52. The van der Waals surface area contributed by atoms with Crippen LogP contribution in [0.25, 0.3) is 0 Å². The fraction of sp³-hybridized carbons (Fsp3) is 0.444. The highest BCUT2D eigenvalue weighted by atomic mass is 16.5. The molecule has 2 aromatic rings. The minimum absolute atomic E-state index is 0.0281. The first-order valence-corrected chi connectivity index (χ1v) is 8.58. The van der Waals surface area contributed by atoms with Crippen molar-refractivity contribution in [2.24, 2.45) is 0 Å². The van der Waals surface area contributed by atoms with Crippen molar-refractivity contribution in [3.63, 3.8) is 0 Å². The molecule has 3 heterocycles. The van der Waals surface area contributed by atoms with Crippen LogP contribution >= 0.6 is 0 Å². The highest BCUT2D eigenvalue weighted by Crippen LogP contribution is 2.28. The minimum atomic E-state index is 0.0281. The third-order valence-electron chi connectivity index (χ3n) is 4.81. The van der Waals surface area contributed by atoms with E-state index in [0.29, 0.717) is 12.3 Å². The lowest BCUT2D eigenvalue weighted by Crippen LogP contribution is -2.15. The van der Waals surface area contributed by atoms with Gasteiger partial charge in [-0.1, -0.05) is 12.1 Å². The van der Waals surface area contributed by atoms with Crippen LogP contribution in [0.5, 0.6) is 5.75 Å². The summed E-state index contributed by atoms with van der Waals surface area (Å²) in [5, 5.41) is 13.5. The van der Waals surface area contributed by atoms with Crippen molar-refractivity contribution in [2.45, 2.75) is 31.6 Å². The second-order valence-corrected chi connectivity index (χ2v) is 6.48. The number of benzene rings is 1. The van der Waals surface area contributed by atoms with Crippen molar-refractivity contribution >= 4 is 11.6 Å². The molecule has 1 atom stereocenters. The smallest absolute Gasteiger partial charge is 0.224 e. The Morgan fingerprint density at radius 2 is 2.38 bits per heavy atom. The standard InChI is InChI=1S/C18H22N4O2/c23-17(4-2-12-1-3-16-13(9-12)6-8-24-16)21-15-11-20-22-18(15)14-5-7-19-10-14/h1,3,9,11,14,19H,2,4-8,10H2,(H,20,22)(H,21,23). The number of hydrogen-bond acceptors (Lipinski definition) is 4. The molecule has 1 aromatic heterocycles. The van der Waals surface area contributed by atoms with Gasteiger partial charge in [-0.15, -0.1) is 0 Å². The molecule has 0 bridgehead atoms. The highest BCUT2D eigenvalue weighted by Gasteiger charge is 2.22. The molecule has 126 valence electrons. The lowest BCUT2D eigenvalue weighted by molar-refractivity contribution is -0.116. The maximum absolute atomic E-state index is 12.3. The highest BCUT2D eigenvalue weighted by molar-refractivity contribution is 5.91. The van der Waals surface area contributed by atoms with Crippen molar-refractivity contribution in [3.8, 4) is 5.75 Å². The van der Waals surface area contributed by atoms with Gasteiger partial charge in [0.15, 0.2) is 0 Å². The van der Waals surface area contributed by atoms with E-state index in [9.17, 15) is 4.79 Å². The minimum Gasteiger partial charge on any atom is -0.493 e. The number of aromatic nitrogens is 2. The van der Waals surface area contributed by atoms with E-state index in [1.165, 1.54) is 11.1 Å². The van der Waals surface area contributed by atoms with E-state index >= 15 is 0 Å². The summed E-state index contributed by atoms with van der Waals surface area (Å²) in [5.74, 6) is 1.41. The van der Waals surface area contributed by atoms with E-state index in [1.54, 1.807) is 6.20 Å². The number of aryl methyl sites for hydroxylation is 1. The number of aromatic amines is 1. The van der Waals surface area contributed by atoms with Gasteiger partial charge in [-0.25, -0.2) is 0 Å². The Kier molecular flexibility index (Phi) is 4.21. The van der Waals surface area contributed by atoms with Crippen molar-refractivity contribution in [2.75, 3.05) is 25.0 Å². The summed E-state index contributed by atoms with van der Waals surface area (Å²) in [7, 11) is 0. The molecule has 0 aliphatic carbocycles. The van der Waals surface area contributed by atoms with E-state index in [0.717, 1.165) is 56.1 Å². The number of carbonyl (C=O) groups is 1. The topological polar surface area (TPSA) is 79.0 Å². The number of carbonyl (C=O) groups excluding carboxylic acids is 1. The maximum atomic E-state index is 12.3. The third kappa shape index (κ3) is 3.14. The van der Waals surface area contributed by atoms with Crippen molar-refractivity contribution < 1.29 is 9.53 Å². The predicted octanol–water partition coefficient (Wildman–Crippen LogP) is 1.99. The van der Waals surface area contributed by atoms with Gasteiger partial charge in [0.1, 0.15) is 5.75 Å². The largest absolute Gasteiger partial charge is 0.493 e. The van der Waals surface area contributed by atoms with Crippen LogP contribution in [0.15, 0.2) is 24.4 Å². The number of amides is 1. The zero-order chi connectivity index (χ0) is 16.4. The molecule has 0 spiro atoms. The molecule has 6 nitrogen and oxygen atoms in total. The zero-order valence-electron chi connectivity index (χ0n) is 13.6. The SMILES string of the molecule is O=C(CCc1ccc2c(c1)CCO2)Nc1cn[nH]c1C1CCNC1. The van der Waals surface area contributed by atoms with Crippen LogP contribution in [0.2, 0.25) is 0 Å². The van der Waals surface area contributed by atoms with Crippen LogP contribution < -0.4 is 15.4 Å². The van der Waals surface area contributed by atoms with Gasteiger partial charge >= 0.3 is 0 Å². The fourth-order valence-electron chi connectivity index (χ4n) is 3.47. The molecule has 1 unspecified atom stereocenters. The van der Waals surface area contributed by atoms with E-state index in [1.807, 2.05) is 12.1 Å². The molecule has 0 saturated carbocycles. The van der Waals surface area contributed by atoms with Crippen molar-refractivity contribution in [1.29, 1.82) is 0 Å². The summed E-state index contributed by atoms with van der Waals surface area (Å²) in [6.07, 6.45) is 4.94. The van der Waals surface area contributed by atoms with Crippen LogP contribution in [-0.4, -0.2) is 35.8 Å². The molecule has 3 N–H and O–H groups in total. The summed E-state index contributed by atoms with van der Waals surface area (Å²) >= 11 is 0. The van der Waals surface area contributed by atoms with Gasteiger partial charge in [0, 0.05) is 25.3 Å². The molecule has 1 fully saturated rings. The number of hydrogen-bond donors (Lipinski definition) is 3. The number of anilines is 1. The van der Waals surface area contributed by atoms with E-state index in [2.05, 4.69) is 26.9 Å². The summed E-state index contributed by atoms with van der Waals surface area (Å²) in [6.45, 7) is 2.71. The number of nitrogens with zero attached hydrogens (tertiary/aromatic N) is 1. The Bertz CT molecular complexity index is 734. The summed E-state index contributed by atoms with van der Waals surface area (Å²) in [6, 6.07) is 6.21. The monoisotopic (exact) mass is 326 g/mol. The van der Waals surface area contributed by atoms with Gasteiger partial charge in [-0.2, -0.15) is 5.10 Å². The van der Waals surface area contributed by atoms with Gasteiger partial charge < -0.3 is 15.4 Å². The Hall–Kier alpha value is -2.34. The number of fused-ring (bicyclic) bond motifs is 1. The summed E-state index contributed by atoms with van der Waals surface area (Å²) in [5.41, 5.74) is 4.28. The van der Waals surface area contributed by atoms with E-state index in [-0.39, 0.29) is 5.91 Å².